The summed E-state index contributed by atoms with van der Waals surface area (Å²) in [5, 5.41) is 11.9. The van der Waals surface area contributed by atoms with Crippen LogP contribution in [0.5, 0.6) is 5.75 Å². The van der Waals surface area contributed by atoms with Crippen LogP contribution in [0.3, 0.4) is 0 Å². The van der Waals surface area contributed by atoms with Gasteiger partial charge in [0.05, 0.1) is 26.3 Å². The summed E-state index contributed by atoms with van der Waals surface area (Å²) in [5.74, 6) is 0.399. The van der Waals surface area contributed by atoms with E-state index in [4.69, 9.17) is 4.74 Å². The number of hydrogen-bond donors (Lipinski definition) is 1. The summed E-state index contributed by atoms with van der Waals surface area (Å²) in [5.41, 5.74) is 1.88. The van der Waals surface area contributed by atoms with Crippen LogP contribution in [0.15, 0.2) is 42.5 Å². The summed E-state index contributed by atoms with van der Waals surface area (Å²) in [7, 11) is -0.180. The number of fused-ring (bicyclic) bond motifs is 1. The van der Waals surface area contributed by atoms with Gasteiger partial charge < -0.3 is 9.84 Å². The van der Waals surface area contributed by atoms with Gasteiger partial charge in [-0.3, -0.25) is 9.69 Å². The maximum absolute atomic E-state index is 13.1. The molecule has 1 aliphatic heterocycles. The molecule has 0 saturated carbocycles. The number of ether oxygens (including phenoxy) is 1. The summed E-state index contributed by atoms with van der Waals surface area (Å²) in [6.07, 6.45) is -1.02. The van der Waals surface area contributed by atoms with Crippen molar-refractivity contribution in [1.82, 2.24) is 0 Å². The van der Waals surface area contributed by atoms with Crippen LogP contribution >= 0.6 is 0 Å². The number of methoxy groups -OCH3 is 1. The fraction of sp³-hybridized carbons (Fsp3) is 0.278. The van der Waals surface area contributed by atoms with Gasteiger partial charge in [0.25, 0.3) is 5.91 Å². The monoisotopic (exact) mass is 327 g/mol. The number of anilines is 1. The standard InChI is InChI=1S/C18H21NO3Si/c1-22-13-10-11-14(23(2,3)4)16-15(13)17(20)19(18(16)21)12-8-6-5-7-9-12/h5-11,17,20H,1-4H3. The van der Waals surface area contributed by atoms with Gasteiger partial charge in [-0.15, -0.1) is 0 Å². The van der Waals surface area contributed by atoms with E-state index in [0.29, 0.717) is 22.6 Å². The zero-order valence-electron chi connectivity index (χ0n) is 13.8. The van der Waals surface area contributed by atoms with Crippen molar-refractivity contribution in [3.05, 3.63) is 53.6 Å². The molecule has 4 nitrogen and oxygen atoms in total. The highest BCUT2D eigenvalue weighted by Gasteiger charge is 2.42. The molecule has 1 unspecified atom stereocenters. The molecule has 0 spiro atoms. The number of para-hydroxylation sites is 1. The Balaban J connectivity index is 2.23. The summed E-state index contributed by atoms with van der Waals surface area (Å²) < 4.78 is 5.40. The predicted octanol–water partition coefficient (Wildman–Crippen LogP) is 2.89. The van der Waals surface area contributed by atoms with E-state index in [-0.39, 0.29) is 5.91 Å². The molecule has 1 aliphatic rings. The van der Waals surface area contributed by atoms with Crippen LogP contribution in [0, 0.1) is 0 Å². The summed E-state index contributed by atoms with van der Waals surface area (Å²) >= 11 is 0. The van der Waals surface area contributed by atoms with Gasteiger partial charge in [0.2, 0.25) is 0 Å². The van der Waals surface area contributed by atoms with E-state index in [9.17, 15) is 9.90 Å². The van der Waals surface area contributed by atoms with Crippen molar-refractivity contribution in [3.63, 3.8) is 0 Å². The minimum absolute atomic E-state index is 0.157. The zero-order chi connectivity index (χ0) is 16.8. The molecule has 1 atom stereocenters. The SMILES string of the molecule is COc1ccc([Si](C)(C)C)c2c1C(O)N(c1ccccc1)C2=O. The molecule has 0 bridgehead atoms. The fourth-order valence-electron chi connectivity index (χ4n) is 3.10. The number of hydrogen-bond acceptors (Lipinski definition) is 3. The van der Waals surface area contributed by atoms with Gasteiger partial charge in [0, 0.05) is 5.69 Å². The van der Waals surface area contributed by atoms with Crippen LogP contribution < -0.4 is 14.8 Å². The molecule has 0 fully saturated rings. The van der Waals surface area contributed by atoms with Crippen molar-refractivity contribution < 1.29 is 14.6 Å². The first-order valence-corrected chi connectivity index (χ1v) is 11.1. The lowest BCUT2D eigenvalue weighted by molar-refractivity contribution is 0.0935. The van der Waals surface area contributed by atoms with E-state index in [1.54, 1.807) is 7.11 Å². The quantitative estimate of drug-likeness (QED) is 0.882. The number of benzene rings is 2. The van der Waals surface area contributed by atoms with E-state index >= 15 is 0 Å². The number of aliphatic hydroxyl groups excluding tert-OH is 1. The predicted molar refractivity (Wildman–Crippen MR) is 94.2 cm³/mol. The van der Waals surface area contributed by atoms with Gasteiger partial charge in [-0.1, -0.05) is 43.9 Å². The molecule has 1 N–H and O–H groups in total. The lowest BCUT2D eigenvalue weighted by Gasteiger charge is -2.21. The second-order valence-corrected chi connectivity index (χ2v) is 11.8. The number of carbonyl (C=O) groups excluding carboxylic acids is 1. The topological polar surface area (TPSA) is 49.8 Å². The third-order valence-corrected chi connectivity index (χ3v) is 6.24. The second kappa shape index (κ2) is 5.51. The first kappa shape index (κ1) is 15.8. The Labute approximate surface area is 137 Å². The van der Waals surface area contributed by atoms with Crippen LogP contribution in [0.1, 0.15) is 22.1 Å². The number of nitrogens with zero attached hydrogens (tertiary/aromatic N) is 1. The van der Waals surface area contributed by atoms with Crippen molar-refractivity contribution in [2.45, 2.75) is 25.9 Å². The molecule has 0 radical (unpaired) electrons. The first-order valence-electron chi connectivity index (χ1n) is 7.64. The molecule has 23 heavy (non-hydrogen) atoms. The van der Waals surface area contributed by atoms with Gasteiger partial charge >= 0.3 is 0 Å². The van der Waals surface area contributed by atoms with Gasteiger partial charge in [0.15, 0.2) is 6.23 Å². The molecule has 0 aromatic heterocycles. The lowest BCUT2D eigenvalue weighted by atomic mass is 10.1. The van der Waals surface area contributed by atoms with Crippen LogP contribution in [0.4, 0.5) is 5.69 Å². The molecule has 0 aliphatic carbocycles. The fourth-order valence-corrected chi connectivity index (χ4v) is 4.67. The maximum atomic E-state index is 13.1. The zero-order valence-corrected chi connectivity index (χ0v) is 14.8. The number of amides is 1. The largest absolute Gasteiger partial charge is 0.496 e. The van der Waals surface area contributed by atoms with Gasteiger partial charge in [-0.25, -0.2) is 0 Å². The van der Waals surface area contributed by atoms with E-state index in [2.05, 4.69) is 19.6 Å². The molecular formula is C18H21NO3Si. The maximum Gasteiger partial charge on any atom is 0.261 e. The summed E-state index contributed by atoms with van der Waals surface area (Å²) in [4.78, 5) is 14.5. The van der Waals surface area contributed by atoms with E-state index < -0.39 is 14.3 Å². The van der Waals surface area contributed by atoms with Crippen LogP contribution in [-0.4, -0.2) is 26.2 Å². The van der Waals surface area contributed by atoms with Crippen LogP contribution in [0.25, 0.3) is 0 Å². The third-order valence-electron chi connectivity index (χ3n) is 4.20. The van der Waals surface area contributed by atoms with E-state index in [1.165, 1.54) is 4.90 Å². The highest BCUT2D eigenvalue weighted by molar-refractivity contribution is 6.89. The molecule has 2 aromatic carbocycles. The third kappa shape index (κ3) is 2.46. The smallest absolute Gasteiger partial charge is 0.261 e. The van der Waals surface area contributed by atoms with Crippen molar-refractivity contribution in [2.24, 2.45) is 0 Å². The molecule has 3 rings (SSSR count). The van der Waals surface area contributed by atoms with Crippen molar-refractivity contribution in [3.8, 4) is 5.75 Å². The second-order valence-electron chi connectivity index (χ2n) is 6.74. The highest BCUT2D eigenvalue weighted by atomic mass is 28.3. The number of aliphatic hydroxyl groups is 1. The van der Waals surface area contributed by atoms with E-state index in [0.717, 1.165) is 5.19 Å². The average Bonchev–Trinajstić information content (AvgIpc) is 2.78. The van der Waals surface area contributed by atoms with Crippen molar-refractivity contribution >= 4 is 24.9 Å². The first-order chi connectivity index (χ1) is 10.9. The Morgan fingerprint density at radius 2 is 1.74 bits per heavy atom. The van der Waals surface area contributed by atoms with Gasteiger partial charge in [-0.05, 0) is 23.4 Å². The van der Waals surface area contributed by atoms with E-state index in [1.807, 2.05) is 42.5 Å². The molecule has 1 heterocycles. The average molecular weight is 327 g/mol. The van der Waals surface area contributed by atoms with Crippen molar-refractivity contribution in [1.29, 1.82) is 0 Å². The molecule has 2 aromatic rings. The molecule has 0 saturated heterocycles. The Bertz CT molecular complexity index is 753. The Morgan fingerprint density at radius 3 is 2.30 bits per heavy atom. The molecule has 120 valence electrons. The number of carbonyl (C=O) groups is 1. The summed E-state index contributed by atoms with van der Waals surface area (Å²) in [6.45, 7) is 6.58. The Hall–Kier alpha value is -2.11. The molecule has 5 heteroatoms. The molecular weight excluding hydrogens is 306 g/mol. The van der Waals surface area contributed by atoms with Crippen molar-refractivity contribution in [2.75, 3.05) is 12.0 Å². The van der Waals surface area contributed by atoms with Gasteiger partial charge in [-0.2, -0.15) is 0 Å². The number of rotatable bonds is 3. The highest BCUT2D eigenvalue weighted by Crippen LogP contribution is 2.40. The Kier molecular flexibility index (Phi) is 3.78. The molecule has 1 amide bonds. The minimum Gasteiger partial charge on any atom is -0.496 e. The lowest BCUT2D eigenvalue weighted by Crippen LogP contribution is -2.42. The minimum atomic E-state index is -1.74. The Morgan fingerprint density at radius 1 is 1.09 bits per heavy atom. The summed E-state index contributed by atoms with van der Waals surface area (Å²) in [6, 6.07) is 13.1. The van der Waals surface area contributed by atoms with Gasteiger partial charge in [0.1, 0.15) is 5.75 Å². The van der Waals surface area contributed by atoms with Crippen LogP contribution in [-0.2, 0) is 0 Å². The van der Waals surface area contributed by atoms with Crippen LogP contribution in [0.2, 0.25) is 19.6 Å². The normalized spacial score (nSPS) is 17.3.